The number of hydrogen-bond acceptors (Lipinski definition) is 3. The molecule has 0 rings (SSSR count). The lowest BCUT2D eigenvalue weighted by Gasteiger charge is -2.10. The van der Waals surface area contributed by atoms with Gasteiger partial charge in [-0.3, -0.25) is 0 Å². The summed E-state index contributed by atoms with van der Waals surface area (Å²) in [5, 5.41) is 9.22. The van der Waals surface area contributed by atoms with Gasteiger partial charge in [0, 0.05) is 6.61 Å². The Morgan fingerprint density at radius 2 is 2.08 bits per heavy atom. The minimum Gasteiger partial charge on any atom is -0.388 e. The van der Waals surface area contributed by atoms with Crippen molar-refractivity contribution in [3.8, 4) is 0 Å². The predicted octanol–water partition coefficient (Wildman–Crippen LogP) is 0.976. The lowest BCUT2D eigenvalue weighted by Crippen LogP contribution is -2.21. The molecule has 1 N–H and O–H groups in total. The van der Waals surface area contributed by atoms with Crippen LogP contribution in [0.3, 0.4) is 0 Å². The molecular weight excluding hydrogens is 156 g/mol. The largest absolute Gasteiger partial charge is 0.388 e. The van der Waals surface area contributed by atoms with E-state index in [9.17, 15) is 5.11 Å². The average molecular weight is 174 g/mol. The molecule has 1 atom stereocenters. The second-order valence-electron chi connectivity index (χ2n) is 2.55. The zero-order valence-electron chi connectivity index (χ0n) is 7.66. The summed E-state index contributed by atoms with van der Waals surface area (Å²) in [6.45, 7) is 7.36. The summed E-state index contributed by atoms with van der Waals surface area (Å²) in [4.78, 5) is 0. The molecule has 0 radical (unpaired) electrons. The summed E-state index contributed by atoms with van der Waals surface area (Å²) < 4.78 is 10.1. The number of ether oxygens (including phenoxy) is 2. The van der Waals surface area contributed by atoms with E-state index in [0.717, 1.165) is 6.42 Å². The standard InChI is InChI=1S/C9H18O3/c1-3-5-11-7-9(10)8-12-6-4-2/h3,9-10H,1,4-8H2,2H3. The van der Waals surface area contributed by atoms with E-state index in [0.29, 0.717) is 26.4 Å². The molecule has 0 bridgehead atoms. The van der Waals surface area contributed by atoms with Crippen molar-refractivity contribution < 1.29 is 14.6 Å². The molecule has 3 nitrogen and oxygen atoms in total. The highest BCUT2D eigenvalue weighted by molar-refractivity contribution is 4.64. The van der Waals surface area contributed by atoms with Crippen molar-refractivity contribution in [2.75, 3.05) is 26.4 Å². The van der Waals surface area contributed by atoms with Gasteiger partial charge in [0.2, 0.25) is 0 Å². The molecule has 0 aliphatic rings. The molecule has 0 fully saturated rings. The van der Waals surface area contributed by atoms with Crippen LogP contribution in [0, 0.1) is 0 Å². The Bertz CT molecular complexity index is 104. The fourth-order valence-corrected chi connectivity index (χ4v) is 0.699. The SMILES string of the molecule is C=CCOCC(O)COCCC. The van der Waals surface area contributed by atoms with Gasteiger partial charge in [-0.1, -0.05) is 13.0 Å². The number of rotatable bonds is 8. The molecular formula is C9H18O3. The maximum atomic E-state index is 9.22. The molecule has 3 heteroatoms. The molecule has 72 valence electrons. The summed E-state index contributed by atoms with van der Waals surface area (Å²) in [7, 11) is 0. The Kier molecular flexibility index (Phi) is 8.44. The summed E-state index contributed by atoms with van der Waals surface area (Å²) in [5.41, 5.74) is 0. The highest BCUT2D eigenvalue weighted by Crippen LogP contribution is 1.89. The van der Waals surface area contributed by atoms with Crippen LogP contribution in [-0.2, 0) is 9.47 Å². The number of aliphatic hydroxyl groups excluding tert-OH is 1. The zero-order chi connectivity index (χ0) is 9.23. The first-order valence-electron chi connectivity index (χ1n) is 4.25. The van der Waals surface area contributed by atoms with Crippen LogP contribution in [0.25, 0.3) is 0 Å². The molecule has 0 aliphatic heterocycles. The summed E-state index contributed by atoms with van der Waals surface area (Å²) in [5.74, 6) is 0. The van der Waals surface area contributed by atoms with E-state index in [2.05, 4.69) is 6.58 Å². The molecule has 0 aromatic carbocycles. The molecule has 0 saturated carbocycles. The van der Waals surface area contributed by atoms with Gasteiger partial charge >= 0.3 is 0 Å². The van der Waals surface area contributed by atoms with Crippen molar-refractivity contribution in [1.82, 2.24) is 0 Å². The molecule has 0 aromatic heterocycles. The summed E-state index contributed by atoms with van der Waals surface area (Å²) >= 11 is 0. The Balaban J connectivity index is 3.09. The van der Waals surface area contributed by atoms with Gasteiger partial charge in [0.25, 0.3) is 0 Å². The fourth-order valence-electron chi connectivity index (χ4n) is 0.699. The number of aliphatic hydroxyl groups is 1. The van der Waals surface area contributed by atoms with Crippen LogP contribution in [0.4, 0.5) is 0 Å². The van der Waals surface area contributed by atoms with Crippen molar-refractivity contribution in [2.45, 2.75) is 19.4 Å². The highest BCUT2D eigenvalue weighted by Gasteiger charge is 2.02. The van der Waals surface area contributed by atoms with Crippen LogP contribution in [0.1, 0.15) is 13.3 Å². The van der Waals surface area contributed by atoms with Gasteiger partial charge in [0.1, 0.15) is 6.10 Å². The number of hydrogen-bond donors (Lipinski definition) is 1. The minimum atomic E-state index is -0.517. The third-order valence-electron chi connectivity index (χ3n) is 1.20. The molecule has 0 saturated heterocycles. The van der Waals surface area contributed by atoms with Gasteiger partial charge in [-0.05, 0) is 6.42 Å². The quantitative estimate of drug-likeness (QED) is 0.440. The average Bonchev–Trinajstić information content (AvgIpc) is 2.06. The Hall–Kier alpha value is -0.380. The topological polar surface area (TPSA) is 38.7 Å². The maximum Gasteiger partial charge on any atom is 0.101 e. The second-order valence-corrected chi connectivity index (χ2v) is 2.55. The van der Waals surface area contributed by atoms with Crippen molar-refractivity contribution in [1.29, 1.82) is 0 Å². The van der Waals surface area contributed by atoms with E-state index in [-0.39, 0.29) is 0 Å². The fraction of sp³-hybridized carbons (Fsp3) is 0.778. The van der Waals surface area contributed by atoms with E-state index < -0.39 is 6.10 Å². The Morgan fingerprint density at radius 1 is 1.42 bits per heavy atom. The van der Waals surface area contributed by atoms with Crippen LogP contribution in [0.5, 0.6) is 0 Å². The Morgan fingerprint density at radius 3 is 2.67 bits per heavy atom. The third-order valence-corrected chi connectivity index (χ3v) is 1.20. The first kappa shape index (κ1) is 11.6. The van der Waals surface area contributed by atoms with Crippen LogP contribution in [0.2, 0.25) is 0 Å². The normalized spacial score (nSPS) is 12.8. The molecule has 1 unspecified atom stereocenters. The van der Waals surface area contributed by atoms with E-state index in [1.807, 2.05) is 6.92 Å². The monoisotopic (exact) mass is 174 g/mol. The smallest absolute Gasteiger partial charge is 0.101 e. The third kappa shape index (κ3) is 7.72. The van der Waals surface area contributed by atoms with Gasteiger partial charge in [-0.15, -0.1) is 6.58 Å². The van der Waals surface area contributed by atoms with Crippen LogP contribution in [-0.4, -0.2) is 37.6 Å². The van der Waals surface area contributed by atoms with E-state index in [1.165, 1.54) is 0 Å². The predicted molar refractivity (Wildman–Crippen MR) is 48.1 cm³/mol. The second kappa shape index (κ2) is 8.71. The van der Waals surface area contributed by atoms with Gasteiger partial charge in [0.15, 0.2) is 0 Å². The molecule has 0 heterocycles. The van der Waals surface area contributed by atoms with E-state index in [1.54, 1.807) is 6.08 Å². The van der Waals surface area contributed by atoms with Crippen molar-refractivity contribution in [3.05, 3.63) is 12.7 Å². The molecule has 0 aromatic rings. The van der Waals surface area contributed by atoms with Crippen molar-refractivity contribution >= 4 is 0 Å². The van der Waals surface area contributed by atoms with Crippen molar-refractivity contribution in [2.24, 2.45) is 0 Å². The molecule has 0 amide bonds. The molecule has 12 heavy (non-hydrogen) atoms. The Labute approximate surface area is 74.0 Å². The first-order chi connectivity index (χ1) is 5.81. The van der Waals surface area contributed by atoms with Gasteiger partial charge in [0.05, 0.1) is 19.8 Å². The van der Waals surface area contributed by atoms with Crippen molar-refractivity contribution in [3.63, 3.8) is 0 Å². The lowest BCUT2D eigenvalue weighted by molar-refractivity contribution is -0.0127. The zero-order valence-corrected chi connectivity index (χ0v) is 7.66. The van der Waals surface area contributed by atoms with Gasteiger partial charge < -0.3 is 14.6 Å². The van der Waals surface area contributed by atoms with Gasteiger partial charge in [-0.25, -0.2) is 0 Å². The maximum absolute atomic E-state index is 9.22. The molecule has 0 spiro atoms. The van der Waals surface area contributed by atoms with Crippen LogP contribution in [0.15, 0.2) is 12.7 Å². The van der Waals surface area contributed by atoms with E-state index >= 15 is 0 Å². The van der Waals surface area contributed by atoms with Crippen LogP contribution < -0.4 is 0 Å². The van der Waals surface area contributed by atoms with Crippen LogP contribution >= 0.6 is 0 Å². The minimum absolute atomic E-state index is 0.315. The lowest BCUT2D eigenvalue weighted by atomic mass is 10.4. The van der Waals surface area contributed by atoms with E-state index in [4.69, 9.17) is 9.47 Å². The summed E-state index contributed by atoms with van der Waals surface area (Å²) in [6.07, 6.45) is 2.11. The first-order valence-corrected chi connectivity index (χ1v) is 4.25. The highest BCUT2D eigenvalue weighted by atomic mass is 16.5. The van der Waals surface area contributed by atoms with Gasteiger partial charge in [-0.2, -0.15) is 0 Å². The molecule has 0 aliphatic carbocycles. The summed E-state index contributed by atoms with van der Waals surface area (Å²) in [6, 6.07) is 0.